The van der Waals surface area contributed by atoms with Gasteiger partial charge in [0.05, 0.1) is 11.9 Å². The smallest absolute Gasteiger partial charge is 0.368 e. The maximum Gasteiger partial charge on any atom is 0.433 e. The van der Waals surface area contributed by atoms with Crippen molar-refractivity contribution >= 4 is 11.6 Å². The van der Waals surface area contributed by atoms with Crippen LogP contribution in [-0.2, 0) is 13.2 Å². The first-order chi connectivity index (χ1) is 11.8. The van der Waals surface area contributed by atoms with Crippen molar-refractivity contribution in [1.82, 2.24) is 19.7 Å². The van der Waals surface area contributed by atoms with Crippen LogP contribution in [0.1, 0.15) is 22.6 Å². The monoisotopic (exact) mass is 353 g/mol. The van der Waals surface area contributed by atoms with Crippen molar-refractivity contribution in [2.75, 3.05) is 31.1 Å². The molecule has 3 heterocycles. The summed E-state index contributed by atoms with van der Waals surface area (Å²) in [6.07, 6.45) is -0.771. The van der Waals surface area contributed by atoms with Crippen LogP contribution < -0.4 is 4.90 Å². The largest absolute Gasteiger partial charge is 0.433 e. The molecule has 134 valence electrons. The quantitative estimate of drug-likeness (QED) is 0.831. The van der Waals surface area contributed by atoms with Gasteiger partial charge in [0.25, 0.3) is 5.91 Å². The molecule has 0 unspecified atom stereocenters. The molecule has 0 bridgehead atoms. The number of rotatable bonds is 2. The number of aryl methyl sites for hydroxylation is 1. The highest BCUT2D eigenvalue weighted by atomic mass is 19.4. The van der Waals surface area contributed by atoms with Crippen LogP contribution in [0.15, 0.2) is 30.6 Å². The van der Waals surface area contributed by atoms with Crippen molar-refractivity contribution in [3.63, 3.8) is 0 Å². The van der Waals surface area contributed by atoms with Crippen LogP contribution in [-0.4, -0.2) is 51.8 Å². The Bertz CT molecular complexity index is 741. The number of carbonyl (C=O) groups is 1. The van der Waals surface area contributed by atoms with E-state index in [1.807, 2.05) is 4.90 Å². The second-order valence-corrected chi connectivity index (χ2v) is 5.91. The number of pyridine rings is 1. The molecule has 3 rings (SSSR count). The van der Waals surface area contributed by atoms with Gasteiger partial charge in [-0.05, 0) is 24.6 Å². The molecule has 1 aliphatic rings. The molecular weight excluding hydrogens is 335 g/mol. The summed E-state index contributed by atoms with van der Waals surface area (Å²) >= 11 is 0. The zero-order chi connectivity index (χ0) is 18.0. The number of anilines is 1. The van der Waals surface area contributed by atoms with Crippen LogP contribution in [0, 0.1) is 0 Å². The lowest BCUT2D eigenvalue weighted by molar-refractivity contribution is -0.141. The van der Waals surface area contributed by atoms with Crippen molar-refractivity contribution in [2.24, 2.45) is 7.05 Å². The number of amides is 1. The second kappa shape index (κ2) is 6.73. The van der Waals surface area contributed by atoms with Crippen molar-refractivity contribution in [3.8, 4) is 0 Å². The molecule has 9 heteroatoms. The van der Waals surface area contributed by atoms with E-state index in [-0.39, 0.29) is 5.91 Å². The van der Waals surface area contributed by atoms with E-state index in [1.165, 1.54) is 12.3 Å². The zero-order valence-corrected chi connectivity index (χ0v) is 13.7. The molecule has 0 atom stereocenters. The predicted octanol–water partition coefficient (Wildman–Crippen LogP) is 2.19. The lowest BCUT2D eigenvalue weighted by Gasteiger charge is -2.23. The third-order valence-electron chi connectivity index (χ3n) is 4.12. The van der Waals surface area contributed by atoms with Gasteiger partial charge in [0.1, 0.15) is 11.4 Å². The lowest BCUT2D eigenvalue weighted by Crippen LogP contribution is -2.35. The molecule has 0 aromatic carbocycles. The third-order valence-corrected chi connectivity index (χ3v) is 4.12. The highest BCUT2D eigenvalue weighted by Crippen LogP contribution is 2.28. The van der Waals surface area contributed by atoms with Crippen molar-refractivity contribution in [2.45, 2.75) is 12.6 Å². The Morgan fingerprint density at radius 3 is 2.52 bits per heavy atom. The van der Waals surface area contributed by atoms with E-state index in [0.717, 1.165) is 12.5 Å². The van der Waals surface area contributed by atoms with Gasteiger partial charge in [-0.3, -0.25) is 9.48 Å². The minimum Gasteiger partial charge on any atom is -0.368 e. The molecule has 25 heavy (non-hydrogen) atoms. The summed E-state index contributed by atoms with van der Waals surface area (Å²) < 4.78 is 39.4. The number of halogens is 3. The average Bonchev–Trinajstić information content (AvgIpc) is 2.86. The summed E-state index contributed by atoms with van der Waals surface area (Å²) in [5.41, 5.74) is 0.116. The second-order valence-electron chi connectivity index (χ2n) is 5.91. The molecule has 2 aromatic heterocycles. The van der Waals surface area contributed by atoms with Gasteiger partial charge < -0.3 is 9.80 Å². The Kier molecular flexibility index (Phi) is 4.65. The van der Waals surface area contributed by atoms with Crippen molar-refractivity contribution in [1.29, 1.82) is 0 Å². The minimum atomic E-state index is -4.44. The summed E-state index contributed by atoms with van der Waals surface area (Å²) in [6, 6.07) is 4.08. The summed E-state index contributed by atoms with van der Waals surface area (Å²) in [4.78, 5) is 19.6. The van der Waals surface area contributed by atoms with Crippen LogP contribution in [0.4, 0.5) is 18.9 Å². The van der Waals surface area contributed by atoms with E-state index in [0.29, 0.717) is 37.6 Å². The topological polar surface area (TPSA) is 54.3 Å². The Balaban J connectivity index is 1.66. The SMILES string of the molecule is Cn1ccc(C(=O)N2CCCN(c3ccc(C(F)(F)F)nc3)CC2)n1. The van der Waals surface area contributed by atoms with Gasteiger partial charge >= 0.3 is 6.18 Å². The van der Waals surface area contributed by atoms with Crippen LogP contribution in [0.5, 0.6) is 0 Å². The molecule has 6 nitrogen and oxygen atoms in total. The Morgan fingerprint density at radius 2 is 1.92 bits per heavy atom. The normalized spacial score (nSPS) is 16.0. The van der Waals surface area contributed by atoms with E-state index in [1.54, 1.807) is 28.9 Å². The third kappa shape index (κ3) is 3.92. The van der Waals surface area contributed by atoms with E-state index in [9.17, 15) is 18.0 Å². The van der Waals surface area contributed by atoms with Crippen molar-refractivity contribution < 1.29 is 18.0 Å². The highest BCUT2D eigenvalue weighted by molar-refractivity contribution is 5.92. The fourth-order valence-corrected chi connectivity index (χ4v) is 2.81. The lowest BCUT2D eigenvalue weighted by atomic mass is 10.3. The minimum absolute atomic E-state index is 0.131. The first kappa shape index (κ1) is 17.2. The molecule has 0 spiro atoms. The average molecular weight is 353 g/mol. The predicted molar refractivity (Wildman–Crippen MR) is 85.2 cm³/mol. The summed E-state index contributed by atoms with van der Waals surface area (Å²) in [7, 11) is 1.75. The molecule has 0 N–H and O–H groups in total. The number of nitrogens with zero attached hydrogens (tertiary/aromatic N) is 5. The van der Waals surface area contributed by atoms with Gasteiger partial charge in [0, 0.05) is 39.4 Å². The number of hydrogen-bond donors (Lipinski definition) is 0. The van der Waals surface area contributed by atoms with Gasteiger partial charge in [-0.25, -0.2) is 4.98 Å². The summed E-state index contributed by atoms with van der Waals surface area (Å²) in [5.74, 6) is -0.131. The zero-order valence-electron chi connectivity index (χ0n) is 13.7. The van der Waals surface area contributed by atoms with Gasteiger partial charge in [0.2, 0.25) is 0 Å². The Morgan fingerprint density at radius 1 is 1.12 bits per heavy atom. The van der Waals surface area contributed by atoms with Gasteiger partial charge in [-0.1, -0.05) is 0 Å². The highest BCUT2D eigenvalue weighted by Gasteiger charge is 2.32. The fourth-order valence-electron chi connectivity index (χ4n) is 2.81. The molecule has 2 aromatic rings. The number of aromatic nitrogens is 3. The van der Waals surface area contributed by atoms with Gasteiger partial charge in [-0.2, -0.15) is 18.3 Å². The maximum absolute atomic E-state index is 12.6. The number of carbonyl (C=O) groups excluding carboxylic acids is 1. The van der Waals surface area contributed by atoms with E-state index >= 15 is 0 Å². The number of hydrogen-bond acceptors (Lipinski definition) is 4. The van der Waals surface area contributed by atoms with Crippen LogP contribution in [0.3, 0.4) is 0 Å². The number of alkyl halides is 3. The maximum atomic E-state index is 12.6. The first-order valence-corrected chi connectivity index (χ1v) is 7.92. The summed E-state index contributed by atoms with van der Waals surface area (Å²) in [5, 5.41) is 4.12. The van der Waals surface area contributed by atoms with Gasteiger partial charge in [0.15, 0.2) is 0 Å². The molecule has 0 saturated carbocycles. The van der Waals surface area contributed by atoms with Crippen LogP contribution in [0.25, 0.3) is 0 Å². The molecule has 1 fully saturated rings. The standard InChI is InChI=1S/C16H18F3N5O/c1-22-8-5-13(21-22)15(25)24-7-2-6-23(9-10-24)12-3-4-14(20-11-12)16(17,18)19/h3-5,8,11H,2,6-7,9-10H2,1H3. The van der Waals surface area contributed by atoms with E-state index in [2.05, 4.69) is 10.1 Å². The van der Waals surface area contributed by atoms with Gasteiger partial charge in [-0.15, -0.1) is 0 Å². The molecule has 0 aliphatic carbocycles. The molecule has 0 radical (unpaired) electrons. The fraction of sp³-hybridized carbons (Fsp3) is 0.438. The molecule has 1 amide bonds. The first-order valence-electron chi connectivity index (χ1n) is 7.92. The van der Waals surface area contributed by atoms with E-state index in [4.69, 9.17) is 0 Å². The summed E-state index contributed by atoms with van der Waals surface area (Å²) in [6.45, 7) is 2.25. The Labute approximate surface area is 142 Å². The van der Waals surface area contributed by atoms with Crippen LogP contribution in [0.2, 0.25) is 0 Å². The van der Waals surface area contributed by atoms with E-state index < -0.39 is 11.9 Å². The molecule has 1 saturated heterocycles. The molecular formula is C16H18F3N5O. The van der Waals surface area contributed by atoms with Crippen molar-refractivity contribution in [3.05, 3.63) is 42.0 Å². The van der Waals surface area contributed by atoms with Crippen LogP contribution >= 0.6 is 0 Å². The Hall–Kier alpha value is -2.58. The molecule has 1 aliphatic heterocycles.